The molecule has 2 amide bonds. The zero-order chi connectivity index (χ0) is 16.0. The van der Waals surface area contributed by atoms with Crippen molar-refractivity contribution >= 4 is 21.9 Å². The Kier molecular flexibility index (Phi) is 5.71. The lowest BCUT2D eigenvalue weighted by atomic mass is 10.1. The number of amidine groups is 1. The average Bonchev–Trinajstić information content (AvgIpc) is 2.36. The second-order valence-electron chi connectivity index (χ2n) is 4.71. The highest BCUT2D eigenvalue weighted by molar-refractivity contribution is 7.89. The lowest BCUT2D eigenvalue weighted by Gasteiger charge is -2.22. The van der Waals surface area contributed by atoms with Crippen LogP contribution in [0.15, 0.2) is 24.3 Å². The molecule has 1 aromatic carbocycles. The second kappa shape index (κ2) is 7.07. The summed E-state index contributed by atoms with van der Waals surface area (Å²) in [7, 11) is -3.60. The maximum atomic E-state index is 11.9. The summed E-state index contributed by atoms with van der Waals surface area (Å²) in [6.07, 6.45) is 1.63. The predicted molar refractivity (Wildman–Crippen MR) is 81.5 cm³/mol. The van der Waals surface area contributed by atoms with E-state index in [4.69, 9.17) is 11.1 Å². The highest BCUT2D eigenvalue weighted by atomic mass is 32.2. The minimum absolute atomic E-state index is 0.0560. The number of nitrogen functional groups attached to an aromatic ring is 1. The standard InChI is InChI=1S/C13H20N4O3S/c1-3-7-17(13(18)16-21(2,19)20)9-10-5-4-6-11(8-10)12(14)15/h4-6,8H,3,7,9H2,1-2H3,(H3,14,15)(H,16,18). The molecule has 4 N–H and O–H groups in total. The minimum Gasteiger partial charge on any atom is -0.384 e. The Balaban J connectivity index is 2.90. The van der Waals surface area contributed by atoms with E-state index in [2.05, 4.69) is 0 Å². The Labute approximate surface area is 124 Å². The summed E-state index contributed by atoms with van der Waals surface area (Å²) in [5, 5.41) is 7.40. The maximum Gasteiger partial charge on any atom is 0.331 e. The first-order valence-electron chi connectivity index (χ1n) is 6.43. The molecule has 0 atom stereocenters. The first-order chi connectivity index (χ1) is 9.73. The van der Waals surface area contributed by atoms with Crippen LogP contribution in [-0.2, 0) is 16.6 Å². The molecule has 7 nitrogen and oxygen atoms in total. The summed E-state index contributed by atoms with van der Waals surface area (Å²) in [5.74, 6) is -0.0560. The number of sulfonamides is 1. The summed E-state index contributed by atoms with van der Waals surface area (Å²) < 4.78 is 24.2. The number of carbonyl (C=O) groups excluding carboxylic acids is 1. The number of urea groups is 1. The Bertz CT molecular complexity index is 628. The molecule has 0 aliphatic rings. The molecule has 0 spiro atoms. The van der Waals surface area contributed by atoms with Gasteiger partial charge in [-0.2, -0.15) is 0 Å². The van der Waals surface area contributed by atoms with Crippen LogP contribution in [0.3, 0.4) is 0 Å². The molecule has 0 aliphatic carbocycles. The monoisotopic (exact) mass is 312 g/mol. The number of nitrogens with one attached hydrogen (secondary N) is 2. The van der Waals surface area contributed by atoms with Crippen molar-refractivity contribution in [2.24, 2.45) is 5.73 Å². The third-order valence-electron chi connectivity index (χ3n) is 2.66. The molecule has 1 rings (SSSR count). The molecule has 0 saturated heterocycles. The third kappa shape index (κ3) is 5.82. The highest BCUT2D eigenvalue weighted by Gasteiger charge is 2.17. The van der Waals surface area contributed by atoms with Crippen LogP contribution in [0.4, 0.5) is 4.79 Å². The van der Waals surface area contributed by atoms with Gasteiger partial charge in [-0.05, 0) is 18.1 Å². The van der Waals surface area contributed by atoms with E-state index in [1.54, 1.807) is 24.3 Å². The number of nitrogens with two attached hydrogens (primary N) is 1. The van der Waals surface area contributed by atoms with Crippen LogP contribution >= 0.6 is 0 Å². The maximum absolute atomic E-state index is 11.9. The van der Waals surface area contributed by atoms with Crippen molar-refractivity contribution in [1.29, 1.82) is 5.41 Å². The van der Waals surface area contributed by atoms with Gasteiger partial charge in [-0.15, -0.1) is 0 Å². The molecule has 0 heterocycles. The number of rotatable bonds is 6. The van der Waals surface area contributed by atoms with Crippen molar-refractivity contribution in [3.05, 3.63) is 35.4 Å². The second-order valence-corrected chi connectivity index (χ2v) is 6.46. The molecule has 8 heteroatoms. The normalized spacial score (nSPS) is 11.0. The van der Waals surface area contributed by atoms with Crippen molar-refractivity contribution in [2.75, 3.05) is 12.8 Å². The first-order valence-corrected chi connectivity index (χ1v) is 8.32. The summed E-state index contributed by atoms with van der Waals surface area (Å²) in [5.41, 5.74) is 6.77. The number of nitrogens with zero attached hydrogens (tertiary/aromatic N) is 1. The summed E-state index contributed by atoms with van der Waals surface area (Å²) in [6, 6.07) is 6.28. The molecule has 0 aromatic heterocycles. The van der Waals surface area contributed by atoms with E-state index in [9.17, 15) is 13.2 Å². The van der Waals surface area contributed by atoms with Gasteiger partial charge in [0.2, 0.25) is 10.0 Å². The van der Waals surface area contributed by atoms with E-state index in [1.807, 2.05) is 11.6 Å². The van der Waals surface area contributed by atoms with Crippen LogP contribution in [0, 0.1) is 5.41 Å². The van der Waals surface area contributed by atoms with Gasteiger partial charge in [0.15, 0.2) is 0 Å². The van der Waals surface area contributed by atoms with Crippen molar-refractivity contribution in [2.45, 2.75) is 19.9 Å². The Morgan fingerprint density at radius 1 is 1.43 bits per heavy atom. The van der Waals surface area contributed by atoms with Gasteiger partial charge < -0.3 is 10.6 Å². The number of hydrogen-bond donors (Lipinski definition) is 3. The zero-order valence-electron chi connectivity index (χ0n) is 12.1. The minimum atomic E-state index is -3.60. The van der Waals surface area contributed by atoms with E-state index in [-0.39, 0.29) is 12.4 Å². The zero-order valence-corrected chi connectivity index (χ0v) is 12.9. The van der Waals surface area contributed by atoms with E-state index >= 15 is 0 Å². The fourth-order valence-corrected chi connectivity index (χ4v) is 2.25. The Morgan fingerprint density at radius 2 is 2.10 bits per heavy atom. The van der Waals surface area contributed by atoms with Crippen molar-refractivity contribution < 1.29 is 13.2 Å². The number of benzene rings is 1. The molecule has 116 valence electrons. The molecule has 0 saturated carbocycles. The lowest BCUT2D eigenvalue weighted by Crippen LogP contribution is -2.42. The van der Waals surface area contributed by atoms with Crippen molar-refractivity contribution in [1.82, 2.24) is 9.62 Å². The van der Waals surface area contributed by atoms with Crippen LogP contribution in [0.5, 0.6) is 0 Å². The number of carbonyl (C=O) groups is 1. The van der Waals surface area contributed by atoms with Gasteiger partial charge in [-0.3, -0.25) is 5.41 Å². The summed E-state index contributed by atoms with van der Waals surface area (Å²) in [6.45, 7) is 2.56. The molecular formula is C13H20N4O3S. The topological polar surface area (TPSA) is 116 Å². The molecule has 0 radical (unpaired) electrons. The van der Waals surface area contributed by atoms with Gasteiger partial charge in [0, 0.05) is 18.7 Å². The SMILES string of the molecule is CCCN(Cc1cccc(C(=N)N)c1)C(=O)NS(C)(=O)=O. The Morgan fingerprint density at radius 3 is 2.62 bits per heavy atom. The van der Waals surface area contributed by atoms with Gasteiger partial charge in [-0.25, -0.2) is 17.9 Å². The molecule has 1 aromatic rings. The molecule has 0 bridgehead atoms. The first kappa shape index (κ1) is 17.0. The molecule has 0 aliphatic heterocycles. The molecule has 0 unspecified atom stereocenters. The largest absolute Gasteiger partial charge is 0.384 e. The van der Waals surface area contributed by atoms with Crippen LogP contribution in [0.25, 0.3) is 0 Å². The van der Waals surface area contributed by atoms with Gasteiger partial charge in [0.1, 0.15) is 5.84 Å². The number of amides is 2. The smallest absolute Gasteiger partial charge is 0.331 e. The van der Waals surface area contributed by atoms with Crippen molar-refractivity contribution in [3.8, 4) is 0 Å². The number of hydrogen-bond acceptors (Lipinski definition) is 4. The molecule has 0 fully saturated rings. The Hall–Kier alpha value is -2.09. The summed E-state index contributed by atoms with van der Waals surface area (Å²) >= 11 is 0. The predicted octanol–water partition coefficient (Wildman–Crippen LogP) is 0.852. The van der Waals surface area contributed by atoms with Crippen molar-refractivity contribution in [3.63, 3.8) is 0 Å². The lowest BCUT2D eigenvalue weighted by molar-refractivity contribution is 0.201. The van der Waals surface area contributed by atoms with Crippen LogP contribution in [0.2, 0.25) is 0 Å². The summed E-state index contributed by atoms with van der Waals surface area (Å²) in [4.78, 5) is 13.3. The van der Waals surface area contributed by atoms with Gasteiger partial charge >= 0.3 is 6.03 Å². The highest BCUT2D eigenvalue weighted by Crippen LogP contribution is 2.09. The third-order valence-corrected chi connectivity index (χ3v) is 3.21. The molecule has 21 heavy (non-hydrogen) atoms. The van der Waals surface area contributed by atoms with Crippen LogP contribution < -0.4 is 10.5 Å². The van der Waals surface area contributed by atoms with Crippen LogP contribution in [0.1, 0.15) is 24.5 Å². The van der Waals surface area contributed by atoms with Gasteiger partial charge in [0.05, 0.1) is 6.26 Å². The van der Waals surface area contributed by atoms with Gasteiger partial charge in [-0.1, -0.05) is 25.1 Å². The molecular weight excluding hydrogens is 292 g/mol. The van der Waals surface area contributed by atoms with E-state index in [0.717, 1.165) is 11.8 Å². The fourth-order valence-electron chi connectivity index (χ4n) is 1.80. The van der Waals surface area contributed by atoms with Gasteiger partial charge in [0.25, 0.3) is 0 Å². The average molecular weight is 312 g/mol. The van der Waals surface area contributed by atoms with E-state index < -0.39 is 16.1 Å². The van der Waals surface area contributed by atoms with E-state index in [0.29, 0.717) is 18.5 Å². The van der Waals surface area contributed by atoms with Crippen LogP contribution in [-0.4, -0.2) is 38.0 Å². The fraction of sp³-hybridized carbons (Fsp3) is 0.385. The van der Waals surface area contributed by atoms with E-state index in [1.165, 1.54) is 4.90 Å². The quantitative estimate of drug-likeness (QED) is 0.533.